The van der Waals surface area contributed by atoms with E-state index in [-0.39, 0.29) is 17.9 Å². The van der Waals surface area contributed by atoms with Crippen LogP contribution in [0.25, 0.3) is 10.8 Å². The van der Waals surface area contributed by atoms with Crippen molar-refractivity contribution < 1.29 is 14.6 Å². The Morgan fingerprint density at radius 1 is 1.29 bits per heavy atom. The Kier molecular flexibility index (Phi) is 4.26. The minimum atomic E-state index is -0.491. The highest BCUT2D eigenvalue weighted by Crippen LogP contribution is 2.31. The van der Waals surface area contributed by atoms with E-state index in [2.05, 4.69) is 16.3 Å². The first-order chi connectivity index (χ1) is 11.3. The lowest BCUT2D eigenvalue weighted by atomic mass is 10.1. The highest BCUT2D eigenvalue weighted by molar-refractivity contribution is 5.95. The van der Waals surface area contributed by atoms with Crippen LogP contribution in [0, 0.1) is 0 Å². The predicted molar refractivity (Wildman–Crippen MR) is 95.6 cm³/mol. The molecule has 2 aromatic rings. The number of carbonyl (C=O) groups is 1. The van der Waals surface area contributed by atoms with Crippen LogP contribution in [-0.4, -0.2) is 35.9 Å². The molecule has 0 radical (unpaired) electrons. The maximum atomic E-state index is 11.9. The molecule has 128 valence electrons. The highest BCUT2D eigenvalue weighted by Gasteiger charge is 2.27. The topological polar surface area (TPSA) is 61.8 Å². The van der Waals surface area contributed by atoms with Gasteiger partial charge in [0, 0.05) is 24.2 Å². The third-order valence-electron chi connectivity index (χ3n) is 4.09. The Bertz CT molecular complexity index is 752. The van der Waals surface area contributed by atoms with Crippen LogP contribution in [0.15, 0.2) is 36.4 Å². The van der Waals surface area contributed by atoms with Gasteiger partial charge in [-0.2, -0.15) is 0 Å². The van der Waals surface area contributed by atoms with Crippen LogP contribution in [0.4, 0.5) is 10.5 Å². The predicted octanol–water partition coefficient (Wildman–Crippen LogP) is 3.65. The largest absolute Gasteiger partial charge is 0.508 e. The highest BCUT2D eigenvalue weighted by atomic mass is 16.6. The van der Waals surface area contributed by atoms with Crippen LogP contribution in [0.2, 0.25) is 0 Å². The molecule has 1 amide bonds. The van der Waals surface area contributed by atoms with Crippen molar-refractivity contribution in [2.45, 2.75) is 38.8 Å². The summed E-state index contributed by atoms with van der Waals surface area (Å²) in [4.78, 5) is 14.2. The summed E-state index contributed by atoms with van der Waals surface area (Å²) in [5.41, 5.74) is 0.590. The van der Waals surface area contributed by atoms with Gasteiger partial charge in [-0.1, -0.05) is 18.2 Å². The van der Waals surface area contributed by atoms with E-state index in [4.69, 9.17) is 4.74 Å². The van der Waals surface area contributed by atoms with Crippen LogP contribution >= 0.6 is 0 Å². The number of alkyl carbamates (subject to hydrolysis) is 1. The van der Waals surface area contributed by atoms with Crippen molar-refractivity contribution >= 4 is 22.6 Å². The van der Waals surface area contributed by atoms with E-state index in [1.54, 1.807) is 12.1 Å². The zero-order valence-corrected chi connectivity index (χ0v) is 14.4. The second-order valence-corrected chi connectivity index (χ2v) is 7.26. The quantitative estimate of drug-likeness (QED) is 0.883. The molecule has 1 atom stereocenters. The van der Waals surface area contributed by atoms with Crippen LogP contribution in [0.5, 0.6) is 5.75 Å². The number of hydrogen-bond donors (Lipinski definition) is 2. The van der Waals surface area contributed by atoms with Gasteiger partial charge in [-0.3, -0.25) is 0 Å². The first-order valence-electron chi connectivity index (χ1n) is 8.28. The molecular weight excluding hydrogens is 304 g/mol. The summed E-state index contributed by atoms with van der Waals surface area (Å²) in [7, 11) is 0. The number of rotatable bonds is 2. The summed E-state index contributed by atoms with van der Waals surface area (Å²) < 4.78 is 5.32. The molecule has 1 fully saturated rings. The fraction of sp³-hybridized carbons (Fsp3) is 0.421. The average Bonchev–Trinajstić information content (AvgIpc) is 2.92. The number of anilines is 1. The lowest BCUT2D eigenvalue weighted by Crippen LogP contribution is -2.40. The maximum Gasteiger partial charge on any atom is 0.407 e. The zero-order chi connectivity index (χ0) is 17.3. The third-order valence-corrected chi connectivity index (χ3v) is 4.09. The van der Waals surface area contributed by atoms with Gasteiger partial charge in [0.05, 0.1) is 6.04 Å². The molecule has 0 aliphatic carbocycles. The molecule has 0 aromatic heterocycles. The number of ether oxygens (including phenoxy) is 1. The molecule has 5 nitrogen and oxygen atoms in total. The van der Waals surface area contributed by atoms with Crippen molar-refractivity contribution in [3.63, 3.8) is 0 Å². The Labute approximate surface area is 142 Å². The number of aromatic hydroxyl groups is 1. The first-order valence-corrected chi connectivity index (χ1v) is 8.28. The van der Waals surface area contributed by atoms with E-state index in [9.17, 15) is 9.90 Å². The van der Waals surface area contributed by atoms with Crippen molar-refractivity contribution in [2.24, 2.45) is 0 Å². The SMILES string of the molecule is CC(C)(C)OC(=O)N[C@@H]1CCN(c2cccc3ccc(O)cc23)C1. The number of carbonyl (C=O) groups excluding carboxylic acids is 1. The van der Waals surface area contributed by atoms with Crippen LogP contribution in [-0.2, 0) is 4.74 Å². The molecule has 2 aromatic carbocycles. The van der Waals surface area contributed by atoms with E-state index in [1.165, 1.54) is 0 Å². The molecule has 5 heteroatoms. The van der Waals surface area contributed by atoms with Crippen molar-refractivity contribution in [2.75, 3.05) is 18.0 Å². The van der Waals surface area contributed by atoms with Crippen molar-refractivity contribution in [1.82, 2.24) is 5.32 Å². The number of phenolic OH excluding ortho intramolecular Hbond substituents is 1. The lowest BCUT2D eigenvalue weighted by Gasteiger charge is -2.23. The molecule has 1 aliphatic heterocycles. The van der Waals surface area contributed by atoms with Crippen LogP contribution in [0.1, 0.15) is 27.2 Å². The fourth-order valence-corrected chi connectivity index (χ4v) is 3.09. The normalized spacial score (nSPS) is 18.0. The van der Waals surface area contributed by atoms with Crippen molar-refractivity contribution in [1.29, 1.82) is 0 Å². The maximum absolute atomic E-state index is 11.9. The number of nitrogens with zero attached hydrogens (tertiary/aromatic N) is 1. The van der Waals surface area contributed by atoms with Crippen LogP contribution in [0.3, 0.4) is 0 Å². The molecule has 0 saturated carbocycles. The van der Waals surface area contributed by atoms with Crippen LogP contribution < -0.4 is 10.2 Å². The van der Waals surface area contributed by atoms with Gasteiger partial charge in [0.25, 0.3) is 0 Å². The Balaban J connectivity index is 1.72. The van der Waals surface area contributed by atoms with E-state index in [0.717, 1.165) is 36.0 Å². The van der Waals surface area contributed by atoms with Gasteiger partial charge in [-0.15, -0.1) is 0 Å². The van der Waals surface area contributed by atoms with E-state index < -0.39 is 5.60 Å². The number of hydrogen-bond acceptors (Lipinski definition) is 4. The number of nitrogens with one attached hydrogen (secondary N) is 1. The van der Waals surface area contributed by atoms with Gasteiger partial charge in [-0.05, 0) is 50.8 Å². The van der Waals surface area contributed by atoms with Gasteiger partial charge in [0.2, 0.25) is 0 Å². The van der Waals surface area contributed by atoms with Gasteiger partial charge in [0.15, 0.2) is 0 Å². The summed E-state index contributed by atoms with van der Waals surface area (Å²) >= 11 is 0. The Morgan fingerprint density at radius 3 is 2.83 bits per heavy atom. The first kappa shape index (κ1) is 16.4. The Hall–Kier alpha value is -2.43. The summed E-state index contributed by atoms with van der Waals surface area (Å²) in [6.07, 6.45) is 0.499. The molecule has 3 rings (SSSR count). The molecular formula is C19H24N2O3. The number of benzene rings is 2. The number of phenols is 1. The molecule has 2 N–H and O–H groups in total. The van der Waals surface area contributed by atoms with Gasteiger partial charge >= 0.3 is 6.09 Å². The summed E-state index contributed by atoms with van der Waals surface area (Å²) in [6, 6.07) is 11.6. The summed E-state index contributed by atoms with van der Waals surface area (Å²) in [6.45, 7) is 7.16. The fourth-order valence-electron chi connectivity index (χ4n) is 3.09. The molecule has 1 heterocycles. The smallest absolute Gasteiger partial charge is 0.407 e. The van der Waals surface area contributed by atoms with Gasteiger partial charge in [0.1, 0.15) is 11.4 Å². The molecule has 1 saturated heterocycles. The van der Waals surface area contributed by atoms with Gasteiger partial charge in [-0.25, -0.2) is 4.79 Å². The third kappa shape index (κ3) is 3.72. The molecule has 0 unspecified atom stereocenters. The molecule has 24 heavy (non-hydrogen) atoms. The van der Waals surface area contributed by atoms with E-state index in [1.807, 2.05) is 39.0 Å². The average molecular weight is 328 g/mol. The molecule has 0 spiro atoms. The molecule has 0 bridgehead atoms. The number of fused-ring (bicyclic) bond motifs is 1. The van der Waals surface area contributed by atoms with Crippen molar-refractivity contribution in [3.8, 4) is 5.75 Å². The lowest BCUT2D eigenvalue weighted by molar-refractivity contribution is 0.0509. The van der Waals surface area contributed by atoms with E-state index in [0.29, 0.717) is 0 Å². The second kappa shape index (κ2) is 6.23. The minimum Gasteiger partial charge on any atom is -0.508 e. The molecule has 1 aliphatic rings. The second-order valence-electron chi connectivity index (χ2n) is 7.26. The van der Waals surface area contributed by atoms with Gasteiger partial charge < -0.3 is 20.1 Å². The number of amides is 1. The standard InChI is InChI=1S/C19H24N2O3/c1-19(2,3)24-18(23)20-14-9-10-21(12-14)17-6-4-5-13-7-8-15(22)11-16(13)17/h4-8,11,14,22H,9-10,12H2,1-3H3,(H,20,23)/t14-/m1/s1. The van der Waals surface area contributed by atoms with E-state index >= 15 is 0 Å². The Morgan fingerprint density at radius 2 is 2.08 bits per heavy atom. The minimum absolute atomic E-state index is 0.0624. The van der Waals surface area contributed by atoms with Crippen molar-refractivity contribution in [3.05, 3.63) is 36.4 Å². The zero-order valence-electron chi connectivity index (χ0n) is 14.4. The monoisotopic (exact) mass is 328 g/mol. The summed E-state index contributed by atoms with van der Waals surface area (Å²) in [5.74, 6) is 0.262. The summed E-state index contributed by atoms with van der Waals surface area (Å²) in [5, 5.41) is 14.8.